The Labute approximate surface area is 200 Å². The average Bonchev–Trinajstić information content (AvgIpc) is 3.59. The topological polar surface area (TPSA) is 89.6 Å². The number of nitrogens with zero attached hydrogens (tertiary/aromatic N) is 1. The zero-order valence-electron chi connectivity index (χ0n) is 18.6. The van der Waals surface area contributed by atoms with Crippen molar-refractivity contribution in [3.8, 4) is 22.8 Å². The number of hydrogen-bond donors (Lipinski definition) is 2. The Kier molecular flexibility index (Phi) is 7.20. The molecule has 1 aliphatic carbocycles. The fourth-order valence-electron chi connectivity index (χ4n) is 3.13. The summed E-state index contributed by atoms with van der Waals surface area (Å²) in [4.78, 5) is 30.0. The molecule has 172 valence electrons. The number of carbonyl (C=O) groups excluding carboxylic acids is 2. The number of thiazole rings is 1. The number of benzene rings is 2. The van der Waals surface area contributed by atoms with Crippen LogP contribution in [0.3, 0.4) is 0 Å². The zero-order chi connectivity index (χ0) is 23.4. The Morgan fingerprint density at radius 1 is 1.06 bits per heavy atom. The molecule has 0 saturated heterocycles. The average molecular weight is 484 g/mol. The fourth-order valence-corrected chi connectivity index (χ4v) is 4.72. The van der Waals surface area contributed by atoms with Crippen molar-refractivity contribution in [1.82, 2.24) is 4.98 Å². The number of rotatable bonds is 9. The van der Waals surface area contributed by atoms with Gasteiger partial charge in [0, 0.05) is 27.4 Å². The van der Waals surface area contributed by atoms with Crippen molar-refractivity contribution < 1.29 is 19.1 Å². The summed E-state index contributed by atoms with van der Waals surface area (Å²) < 4.78 is 10.6. The first-order valence-corrected chi connectivity index (χ1v) is 12.3. The lowest BCUT2D eigenvalue weighted by Gasteiger charge is -2.11. The van der Waals surface area contributed by atoms with E-state index >= 15 is 0 Å². The highest BCUT2D eigenvalue weighted by Gasteiger charge is 2.29. The Bertz CT molecular complexity index is 1140. The van der Waals surface area contributed by atoms with Gasteiger partial charge in [0.2, 0.25) is 11.8 Å². The number of amides is 2. The molecule has 1 aromatic heterocycles. The van der Waals surface area contributed by atoms with Crippen LogP contribution in [0.2, 0.25) is 0 Å². The molecule has 2 aromatic carbocycles. The summed E-state index contributed by atoms with van der Waals surface area (Å²) in [6.45, 7) is 1.85. The van der Waals surface area contributed by atoms with Crippen molar-refractivity contribution >= 4 is 45.7 Å². The number of hydrogen-bond acceptors (Lipinski definition) is 7. The molecule has 1 unspecified atom stereocenters. The number of thioether (sulfide) groups is 1. The maximum Gasteiger partial charge on any atom is 0.239 e. The van der Waals surface area contributed by atoms with E-state index in [4.69, 9.17) is 9.47 Å². The molecule has 1 atom stereocenters. The Balaban J connectivity index is 1.33. The van der Waals surface area contributed by atoms with Gasteiger partial charge in [-0.15, -0.1) is 23.1 Å². The van der Waals surface area contributed by atoms with E-state index in [1.165, 1.54) is 23.1 Å². The lowest BCUT2D eigenvalue weighted by molar-refractivity contribution is -0.117. The first kappa shape index (κ1) is 23.1. The molecule has 2 N–H and O–H groups in total. The lowest BCUT2D eigenvalue weighted by Crippen LogP contribution is -2.22. The second-order valence-electron chi connectivity index (χ2n) is 7.64. The van der Waals surface area contributed by atoms with Gasteiger partial charge >= 0.3 is 0 Å². The summed E-state index contributed by atoms with van der Waals surface area (Å²) in [7, 11) is 3.18. The van der Waals surface area contributed by atoms with Crippen molar-refractivity contribution in [3.63, 3.8) is 0 Å². The summed E-state index contributed by atoms with van der Waals surface area (Å²) >= 11 is 2.82. The minimum absolute atomic E-state index is 0.0825. The number of methoxy groups -OCH3 is 2. The molecule has 7 nitrogen and oxygen atoms in total. The summed E-state index contributed by atoms with van der Waals surface area (Å²) in [5.74, 6) is 1.39. The van der Waals surface area contributed by atoms with Gasteiger partial charge in [0.1, 0.15) is 0 Å². The number of ether oxygens (including phenoxy) is 2. The molecule has 1 heterocycles. The first-order chi connectivity index (χ1) is 16.0. The molecular weight excluding hydrogens is 458 g/mol. The minimum atomic E-state index is -0.315. The van der Waals surface area contributed by atoms with E-state index < -0.39 is 0 Å². The van der Waals surface area contributed by atoms with Gasteiger partial charge in [-0.1, -0.05) is 0 Å². The predicted octanol–water partition coefficient (Wildman–Crippen LogP) is 5.30. The van der Waals surface area contributed by atoms with Gasteiger partial charge in [-0.2, -0.15) is 0 Å². The summed E-state index contributed by atoms with van der Waals surface area (Å²) in [5.41, 5.74) is 2.40. The van der Waals surface area contributed by atoms with Gasteiger partial charge < -0.3 is 20.1 Å². The van der Waals surface area contributed by atoms with Crippen LogP contribution in [-0.4, -0.2) is 36.3 Å². The van der Waals surface area contributed by atoms with Crippen LogP contribution in [0.1, 0.15) is 19.8 Å². The SMILES string of the molecule is COc1ccc(-c2csc(NC(=O)C(C)Sc3ccc(NC(=O)C4CC4)cc3)n2)cc1OC. The van der Waals surface area contributed by atoms with E-state index in [2.05, 4.69) is 15.6 Å². The Morgan fingerprint density at radius 3 is 2.45 bits per heavy atom. The second-order valence-corrected chi connectivity index (χ2v) is 9.92. The number of aromatic nitrogens is 1. The minimum Gasteiger partial charge on any atom is -0.493 e. The van der Waals surface area contributed by atoms with Gasteiger partial charge in [0.25, 0.3) is 0 Å². The maximum atomic E-state index is 12.7. The third-order valence-corrected chi connectivity index (χ3v) is 7.04. The molecule has 1 fully saturated rings. The molecule has 0 aliphatic heterocycles. The van der Waals surface area contributed by atoms with Crippen LogP contribution >= 0.6 is 23.1 Å². The van der Waals surface area contributed by atoms with Gasteiger partial charge in [0.05, 0.1) is 25.2 Å². The van der Waals surface area contributed by atoms with Crippen molar-refractivity contribution in [2.24, 2.45) is 5.92 Å². The summed E-state index contributed by atoms with van der Waals surface area (Å²) in [6, 6.07) is 13.1. The van der Waals surface area contributed by atoms with Crippen molar-refractivity contribution in [2.45, 2.75) is 29.9 Å². The molecular formula is C24H25N3O4S2. The third-order valence-electron chi connectivity index (χ3n) is 5.17. The standard InChI is InChI=1S/C24H25N3O4S2/c1-14(33-18-9-7-17(8-10-18)25-23(29)15-4-5-15)22(28)27-24-26-19(13-32-24)16-6-11-20(30-2)21(12-16)31-3/h6-15H,4-5H2,1-3H3,(H,25,29)(H,26,27,28). The Hall–Kier alpha value is -3.04. The van der Waals surface area contributed by atoms with Crippen molar-refractivity contribution in [1.29, 1.82) is 0 Å². The van der Waals surface area contributed by atoms with E-state index in [0.717, 1.165) is 34.7 Å². The quantitative estimate of drug-likeness (QED) is 0.402. The number of nitrogens with one attached hydrogen (secondary N) is 2. The number of carbonyl (C=O) groups is 2. The van der Waals surface area contributed by atoms with Crippen LogP contribution in [0.4, 0.5) is 10.8 Å². The third kappa shape index (κ3) is 5.85. The zero-order valence-corrected chi connectivity index (χ0v) is 20.2. The first-order valence-electron chi connectivity index (χ1n) is 10.5. The molecule has 1 saturated carbocycles. The fraction of sp³-hybridized carbons (Fsp3) is 0.292. The van der Waals surface area contributed by atoms with Gasteiger partial charge in [-0.05, 0) is 62.2 Å². The van der Waals surface area contributed by atoms with Crippen molar-refractivity contribution in [3.05, 3.63) is 47.8 Å². The molecule has 0 bridgehead atoms. The second kappa shape index (κ2) is 10.3. The predicted molar refractivity (Wildman–Crippen MR) is 132 cm³/mol. The molecule has 2 amide bonds. The highest BCUT2D eigenvalue weighted by Crippen LogP contribution is 2.34. The lowest BCUT2D eigenvalue weighted by atomic mass is 10.1. The van der Waals surface area contributed by atoms with Gasteiger partial charge in [-0.25, -0.2) is 4.98 Å². The normalized spacial score (nSPS) is 13.8. The number of anilines is 2. The van der Waals surface area contributed by atoms with E-state index in [-0.39, 0.29) is 23.0 Å². The van der Waals surface area contributed by atoms with Crippen LogP contribution in [0.15, 0.2) is 52.7 Å². The van der Waals surface area contributed by atoms with Gasteiger partial charge in [0.15, 0.2) is 16.6 Å². The molecule has 0 spiro atoms. The maximum absolute atomic E-state index is 12.7. The van der Waals surface area contributed by atoms with Crippen LogP contribution < -0.4 is 20.1 Å². The van der Waals surface area contributed by atoms with Crippen molar-refractivity contribution in [2.75, 3.05) is 24.9 Å². The highest BCUT2D eigenvalue weighted by molar-refractivity contribution is 8.00. The van der Waals surface area contributed by atoms with Crippen LogP contribution in [0.5, 0.6) is 11.5 Å². The van der Waals surface area contributed by atoms with E-state index in [9.17, 15) is 9.59 Å². The smallest absolute Gasteiger partial charge is 0.239 e. The monoisotopic (exact) mass is 483 g/mol. The summed E-state index contributed by atoms with van der Waals surface area (Å²) in [6.07, 6.45) is 1.95. The Morgan fingerprint density at radius 2 is 1.79 bits per heavy atom. The molecule has 4 rings (SSSR count). The largest absolute Gasteiger partial charge is 0.493 e. The van der Waals surface area contributed by atoms with Crippen LogP contribution in [-0.2, 0) is 9.59 Å². The molecule has 33 heavy (non-hydrogen) atoms. The molecule has 3 aromatic rings. The summed E-state index contributed by atoms with van der Waals surface area (Å²) in [5, 5.41) is 7.93. The van der Waals surface area contributed by atoms with Crippen LogP contribution in [0.25, 0.3) is 11.3 Å². The molecule has 0 radical (unpaired) electrons. The van der Waals surface area contributed by atoms with Gasteiger partial charge in [-0.3, -0.25) is 9.59 Å². The molecule has 1 aliphatic rings. The van der Waals surface area contributed by atoms with E-state index in [0.29, 0.717) is 16.6 Å². The van der Waals surface area contributed by atoms with E-state index in [1.807, 2.05) is 54.8 Å². The van der Waals surface area contributed by atoms with E-state index in [1.54, 1.807) is 14.2 Å². The highest BCUT2D eigenvalue weighted by atomic mass is 32.2. The van der Waals surface area contributed by atoms with Crippen LogP contribution in [0, 0.1) is 5.92 Å². The molecule has 9 heteroatoms.